The summed E-state index contributed by atoms with van der Waals surface area (Å²) >= 11 is 2.86. The summed E-state index contributed by atoms with van der Waals surface area (Å²) in [5, 5.41) is 3.48. The van der Waals surface area contributed by atoms with E-state index in [-0.39, 0.29) is 5.91 Å². The summed E-state index contributed by atoms with van der Waals surface area (Å²) in [4.78, 5) is 15.9. The maximum Gasteiger partial charge on any atom is 0.234 e. The first-order valence-corrected chi connectivity index (χ1v) is 8.27. The van der Waals surface area contributed by atoms with E-state index in [1.165, 1.54) is 40.6 Å². The predicted octanol–water partition coefficient (Wildman–Crippen LogP) is 2.94. The third kappa shape index (κ3) is 3.13. The number of nitrogens with zero attached hydrogens (tertiary/aromatic N) is 1. The van der Waals surface area contributed by atoms with Gasteiger partial charge in [0.15, 0.2) is 5.13 Å². The van der Waals surface area contributed by atoms with Crippen molar-refractivity contribution in [3.05, 3.63) is 35.5 Å². The number of fused-ring (bicyclic) bond motifs is 1. The first-order chi connectivity index (χ1) is 9.70. The zero-order valence-electron chi connectivity index (χ0n) is 10.9. The minimum absolute atomic E-state index is 0.0000756. The van der Waals surface area contributed by atoms with Crippen molar-refractivity contribution < 1.29 is 4.79 Å². The predicted molar refractivity (Wildman–Crippen MR) is 84.3 cm³/mol. The number of thiazole rings is 1. The van der Waals surface area contributed by atoms with Crippen LogP contribution in [-0.4, -0.2) is 16.6 Å². The molecule has 0 bridgehead atoms. The second-order valence-corrected chi connectivity index (χ2v) is 7.03. The number of nitrogen functional groups attached to an aromatic ring is 1. The van der Waals surface area contributed by atoms with E-state index in [9.17, 15) is 4.79 Å². The van der Waals surface area contributed by atoms with E-state index in [1.807, 2.05) is 6.07 Å². The van der Waals surface area contributed by atoms with Gasteiger partial charge in [-0.2, -0.15) is 0 Å². The summed E-state index contributed by atoms with van der Waals surface area (Å²) in [5.74, 6) is 0.374. The number of aromatic nitrogens is 1. The van der Waals surface area contributed by atoms with Crippen LogP contribution < -0.4 is 11.1 Å². The molecule has 20 heavy (non-hydrogen) atoms. The number of thioether (sulfide) groups is 1. The van der Waals surface area contributed by atoms with Gasteiger partial charge in [-0.05, 0) is 42.5 Å². The van der Waals surface area contributed by atoms with E-state index < -0.39 is 0 Å². The van der Waals surface area contributed by atoms with Crippen LogP contribution in [-0.2, 0) is 17.6 Å². The number of rotatable bonds is 4. The standard InChI is InChI=1S/C14H15N3OS2/c15-14-16-7-13(20-14)19-8-12(18)17-11-5-4-9-2-1-3-10(9)6-11/h4-7H,1-3,8H2,(H2,15,16)(H,17,18). The molecule has 0 atom stereocenters. The average molecular weight is 305 g/mol. The number of hydrogen-bond acceptors (Lipinski definition) is 5. The van der Waals surface area contributed by atoms with Crippen LogP contribution in [0.2, 0.25) is 0 Å². The van der Waals surface area contributed by atoms with Gasteiger partial charge < -0.3 is 11.1 Å². The fourth-order valence-electron chi connectivity index (χ4n) is 2.32. The normalized spacial score (nSPS) is 13.2. The van der Waals surface area contributed by atoms with Crippen LogP contribution in [0.4, 0.5) is 10.8 Å². The van der Waals surface area contributed by atoms with Crippen molar-refractivity contribution in [1.82, 2.24) is 4.98 Å². The molecule has 1 aromatic carbocycles. The topological polar surface area (TPSA) is 68.0 Å². The first-order valence-electron chi connectivity index (χ1n) is 6.46. The second kappa shape index (κ2) is 5.85. The third-order valence-electron chi connectivity index (χ3n) is 3.23. The van der Waals surface area contributed by atoms with Crippen LogP contribution in [0.3, 0.4) is 0 Å². The van der Waals surface area contributed by atoms with Gasteiger partial charge in [0, 0.05) is 5.69 Å². The molecule has 0 fully saturated rings. The number of hydrogen-bond donors (Lipinski definition) is 2. The van der Waals surface area contributed by atoms with E-state index >= 15 is 0 Å². The van der Waals surface area contributed by atoms with Crippen molar-refractivity contribution in [2.75, 3.05) is 16.8 Å². The minimum Gasteiger partial charge on any atom is -0.375 e. The number of anilines is 2. The lowest BCUT2D eigenvalue weighted by molar-refractivity contribution is -0.113. The van der Waals surface area contributed by atoms with Crippen LogP contribution in [0.5, 0.6) is 0 Å². The zero-order chi connectivity index (χ0) is 13.9. The minimum atomic E-state index is -0.0000756. The van der Waals surface area contributed by atoms with Crippen molar-refractivity contribution in [1.29, 1.82) is 0 Å². The summed E-state index contributed by atoms with van der Waals surface area (Å²) in [7, 11) is 0. The molecule has 4 nitrogen and oxygen atoms in total. The smallest absolute Gasteiger partial charge is 0.234 e. The molecule has 0 saturated carbocycles. The molecule has 1 aromatic heterocycles. The molecular formula is C14H15N3OS2. The number of carbonyl (C=O) groups is 1. The highest BCUT2D eigenvalue weighted by Gasteiger charge is 2.12. The molecule has 1 amide bonds. The zero-order valence-corrected chi connectivity index (χ0v) is 12.5. The highest BCUT2D eigenvalue weighted by atomic mass is 32.2. The van der Waals surface area contributed by atoms with Gasteiger partial charge in [-0.3, -0.25) is 4.79 Å². The third-order valence-corrected chi connectivity index (χ3v) is 5.25. The summed E-state index contributed by atoms with van der Waals surface area (Å²) in [5.41, 5.74) is 9.22. The molecule has 3 rings (SSSR count). The Hall–Kier alpha value is -1.53. The molecule has 1 aliphatic rings. The Morgan fingerprint density at radius 3 is 3.05 bits per heavy atom. The molecule has 1 heterocycles. The van der Waals surface area contributed by atoms with Crippen LogP contribution in [0.25, 0.3) is 0 Å². The molecule has 6 heteroatoms. The summed E-state index contributed by atoms with van der Waals surface area (Å²) in [6.45, 7) is 0. The van der Waals surface area contributed by atoms with Gasteiger partial charge in [0.2, 0.25) is 5.91 Å². The van der Waals surface area contributed by atoms with Gasteiger partial charge in [-0.25, -0.2) is 4.98 Å². The Labute approximate surface area is 125 Å². The van der Waals surface area contributed by atoms with Gasteiger partial charge in [-0.15, -0.1) is 11.8 Å². The fourth-order valence-corrected chi connectivity index (χ4v) is 3.88. The van der Waals surface area contributed by atoms with Crippen LogP contribution in [0.1, 0.15) is 17.5 Å². The Kier molecular flexibility index (Phi) is 3.93. The van der Waals surface area contributed by atoms with Crippen molar-refractivity contribution >= 4 is 39.8 Å². The number of benzene rings is 1. The van der Waals surface area contributed by atoms with E-state index in [0.717, 1.165) is 22.7 Å². The van der Waals surface area contributed by atoms with Crippen molar-refractivity contribution in [3.63, 3.8) is 0 Å². The molecule has 0 spiro atoms. The number of amides is 1. The quantitative estimate of drug-likeness (QED) is 0.852. The fraction of sp³-hybridized carbons (Fsp3) is 0.286. The van der Waals surface area contributed by atoms with E-state index in [4.69, 9.17) is 5.73 Å². The maximum absolute atomic E-state index is 11.9. The van der Waals surface area contributed by atoms with Crippen LogP contribution >= 0.6 is 23.1 Å². The molecular weight excluding hydrogens is 290 g/mol. The highest BCUT2D eigenvalue weighted by molar-refractivity contribution is 8.01. The average Bonchev–Trinajstić information content (AvgIpc) is 3.04. The second-order valence-electron chi connectivity index (χ2n) is 4.69. The highest BCUT2D eigenvalue weighted by Crippen LogP contribution is 2.27. The molecule has 104 valence electrons. The Balaban J connectivity index is 1.56. The maximum atomic E-state index is 11.9. The van der Waals surface area contributed by atoms with Gasteiger partial charge in [0.05, 0.1) is 16.2 Å². The van der Waals surface area contributed by atoms with Gasteiger partial charge in [0.25, 0.3) is 0 Å². The molecule has 0 aliphatic heterocycles. The van der Waals surface area contributed by atoms with Crippen molar-refractivity contribution in [3.8, 4) is 0 Å². The first kappa shape index (κ1) is 13.5. The van der Waals surface area contributed by atoms with Crippen LogP contribution in [0.15, 0.2) is 28.6 Å². The van der Waals surface area contributed by atoms with Crippen molar-refractivity contribution in [2.24, 2.45) is 0 Å². The molecule has 3 N–H and O–H groups in total. The van der Waals surface area contributed by atoms with Crippen molar-refractivity contribution in [2.45, 2.75) is 23.5 Å². The lowest BCUT2D eigenvalue weighted by Gasteiger charge is -2.06. The lowest BCUT2D eigenvalue weighted by atomic mass is 10.1. The summed E-state index contributed by atoms with van der Waals surface area (Å²) < 4.78 is 0.964. The van der Waals surface area contributed by atoms with Gasteiger partial charge in [-0.1, -0.05) is 17.4 Å². The Morgan fingerprint density at radius 1 is 1.40 bits per heavy atom. The van der Waals surface area contributed by atoms with E-state index in [2.05, 4.69) is 22.4 Å². The molecule has 2 aromatic rings. The monoisotopic (exact) mass is 305 g/mol. The van der Waals surface area contributed by atoms with E-state index in [0.29, 0.717) is 10.9 Å². The largest absolute Gasteiger partial charge is 0.375 e. The molecule has 1 aliphatic carbocycles. The lowest BCUT2D eigenvalue weighted by Crippen LogP contribution is -2.14. The SMILES string of the molecule is Nc1ncc(SCC(=O)Nc2ccc3c(c2)CCC3)s1. The number of nitrogens with one attached hydrogen (secondary N) is 1. The summed E-state index contributed by atoms with van der Waals surface area (Å²) in [6, 6.07) is 6.20. The number of aryl methyl sites for hydroxylation is 2. The number of carbonyl (C=O) groups excluding carboxylic acids is 1. The van der Waals surface area contributed by atoms with Gasteiger partial charge >= 0.3 is 0 Å². The Bertz CT molecular complexity index is 639. The van der Waals surface area contributed by atoms with Gasteiger partial charge in [0.1, 0.15) is 0 Å². The van der Waals surface area contributed by atoms with E-state index in [1.54, 1.807) is 6.20 Å². The molecule has 0 unspecified atom stereocenters. The molecule has 0 radical (unpaired) electrons. The van der Waals surface area contributed by atoms with Crippen LogP contribution in [0, 0.1) is 0 Å². The Morgan fingerprint density at radius 2 is 2.25 bits per heavy atom. The number of nitrogens with two attached hydrogens (primary N) is 1. The molecule has 0 saturated heterocycles. The summed E-state index contributed by atoms with van der Waals surface area (Å²) in [6.07, 6.45) is 5.20.